The molecule has 0 atom stereocenters. The number of amides is 1. The maximum Gasteiger partial charge on any atom is 0.274 e. The minimum atomic E-state index is -0.148. The monoisotopic (exact) mass is 265 g/mol. The molecular weight excluding hydrogens is 246 g/mol. The topological polar surface area (TPSA) is 38.3 Å². The van der Waals surface area contributed by atoms with Crippen LogP contribution in [0, 0.1) is 0 Å². The number of thioether (sulfide) groups is 1. The van der Waals surface area contributed by atoms with E-state index < -0.39 is 0 Å². The zero-order chi connectivity index (χ0) is 12.8. The molecule has 1 N–H and O–H groups in total. The van der Waals surface area contributed by atoms with E-state index in [2.05, 4.69) is 11.7 Å². The number of rotatable bonds is 5. The summed E-state index contributed by atoms with van der Waals surface area (Å²) in [6.45, 7) is 0. The van der Waals surface area contributed by atoms with E-state index in [0.717, 1.165) is 24.2 Å². The van der Waals surface area contributed by atoms with Gasteiger partial charge in [-0.2, -0.15) is 11.8 Å². The van der Waals surface area contributed by atoms with Crippen molar-refractivity contribution in [3.05, 3.63) is 35.4 Å². The van der Waals surface area contributed by atoms with Crippen molar-refractivity contribution < 1.29 is 9.63 Å². The molecule has 1 saturated carbocycles. The molecule has 1 aromatic carbocycles. The lowest BCUT2D eigenvalue weighted by atomic mass is 10.1. The van der Waals surface area contributed by atoms with Crippen LogP contribution in [0.4, 0.5) is 0 Å². The van der Waals surface area contributed by atoms with Gasteiger partial charge in [-0.15, -0.1) is 0 Å². The molecule has 0 unspecified atom stereocenters. The predicted octanol–water partition coefficient (Wildman–Crippen LogP) is 3.15. The molecule has 2 rings (SSSR count). The zero-order valence-electron chi connectivity index (χ0n) is 10.6. The lowest BCUT2D eigenvalue weighted by Gasteiger charge is -2.11. The Balaban J connectivity index is 1.89. The predicted molar refractivity (Wildman–Crippen MR) is 74.5 cm³/mol. The molecule has 0 aliphatic heterocycles. The van der Waals surface area contributed by atoms with Crippen molar-refractivity contribution in [1.82, 2.24) is 5.48 Å². The summed E-state index contributed by atoms with van der Waals surface area (Å²) in [5, 5.41) is 0. The Labute approximate surface area is 112 Å². The Hall–Kier alpha value is -1.00. The number of hydrogen-bond acceptors (Lipinski definition) is 3. The van der Waals surface area contributed by atoms with Gasteiger partial charge in [0, 0.05) is 11.3 Å². The maximum atomic E-state index is 11.9. The molecule has 1 aromatic rings. The highest BCUT2D eigenvalue weighted by Crippen LogP contribution is 2.20. The van der Waals surface area contributed by atoms with Crippen molar-refractivity contribution in [2.45, 2.75) is 37.5 Å². The number of carbonyl (C=O) groups is 1. The van der Waals surface area contributed by atoms with Gasteiger partial charge in [-0.3, -0.25) is 9.63 Å². The van der Waals surface area contributed by atoms with Gasteiger partial charge in [0.15, 0.2) is 0 Å². The highest BCUT2D eigenvalue weighted by Gasteiger charge is 2.17. The van der Waals surface area contributed by atoms with E-state index >= 15 is 0 Å². The van der Waals surface area contributed by atoms with E-state index in [1.54, 1.807) is 11.8 Å². The summed E-state index contributed by atoms with van der Waals surface area (Å²) in [5.74, 6) is 0.773. The fraction of sp³-hybridized carbons (Fsp3) is 0.500. The van der Waals surface area contributed by atoms with Crippen LogP contribution in [0.3, 0.4) is 0 Å². The number of carbonyl (C=O) groups excluding carboxylic acids is 1. The van der Waals surface area contributed by atoms with Crippen LogP contribution in [-0.2, 0) is 10.6 Å². The van der Waals surface area contributed by atoms with Crippen molar-refractivity contribution in [3.63, 3.8) is 0 Å². The van der Waals surface area contributed by atoms with Gasteiger partial charge in [0.25, 0.3) is 5.91 Å². The van der Waals surface area contributed by atoms with Crippen molar-refractivity contribution >= 4 is 17.7 Å². The van der Waals surface area contributed by atoms with Crippen molar-refractivity contribution in [1.29, 1.82) is 0 Å². The molecule has 0 saturated heterocycles. The van der Waals surface area contributed by atoms with Gasteiger partial charge >= 0.3 is 0 Å². The van der Waals surface area contributed by atoms with E-state index in [0.29, 0.717) is 5.56 Å². The van der Waals surface area contributed by atoms with Crippen molar-refractivity contribution in [3.8, 4) is 0 Å². The third kappa shape index (κ3) is 3.75. The summed E-state index contributed by atoms with van der Waals surface area (Å²) in [6, 6.07) is 7.68. The summed E-state index contributed by atoms with van der Waals surface area (Å²) in [6.07, 6.45) is 6.74. The molecule has 0 bridgehead atoms. The first-order valence-electron chi connectivity index (χ1n) is 6.33. The molecule has 1 aliphatic rings. The van der Waals surface area contributed by atoms with E-state index in [1.807, 2.05) is 24.3 Å². The first-order valence-corrected chi connectivity index (χ1v) is 7.73. The van der Waals surface area contributed by atoms with Gasteiger partial charge in [0.1, 0.15) is 0 Å². The average molecular weight is 265 g/mol. The molecule has 0 aromatic heterocycles. The molecule has 0 radical (unpaired) electrons. The smallest absolute Gasteiger partial charge is 0.270 e. The van der Waals surface area contributed by atoms with Crippen molar-refractivity contribution in [2.24, 2.45) is 0 Å². The molecule has 0 heterocycles. The molecule has 3 nitrogen and oxygen atoms in total. The zero-order valence-corrected chi connectivity index (χ0v) is 11.5. The fourth-order valence-electron chi connectivity index (χ4n) is 2.17. The largest absolute Gasteiger partial charge is 0.274 e. The summed E-state index contributed by atoms with van der Waals surface area (Å²) in [7, 11) is 0. The van der Waals surface area contributed by atoms with Gasteiger partial charge in [0.2, 0.25) is 0 Å². The van der Waals surface area contributed by atoms with Gasteiger partial charge in [-0.25, -0.2) is 5.48 Å². The molecular formula is C14H19NO2S. The Morgan fingerprint density at radius 1 is 1.44 bits per heavy atom. The van der Waals surface area contributed by atoms with Crippen molar-refractivity contribution in [2.75, 3.05) is 6.26 Å². The molecule has 1 fully saturated rings. The highest BCUT2D eigenvalue weighted by atomic mass is 32.2. The lowest BCUT2D eigenvalue weighted by Crippen LogP contribution is -2.28. The molecule has 98 valence electrons. The van der Waals surface area contributed by atoms with Crippen LogP contribution in [0.5, 0.6) is 0 Å². The van der Waals surface area contributed by atoms with E-state index in [4.69, 9.17) is 4.84 Å². The fourth-order valence-corrected chi connectivity index (χ4v) is 2.68. The Morgan fingerprint density at radius 2 is 2.22 bits per heavy atom. The van der Waals surface area contributed by atoms with Crippen LogP contribution >= 0.6 is 11.8 Å². The highest BCUT2D eigenvalue weighted by molar-refractivity contribution is 7.97. The molecule has 18 heavy (non-hydrogen) atoms. The van der Waals surface area contributed by atoms with E-state index in [1.165, 1.54) is 12.8 Å². The maximum absolute atomic E-state index is 11.9. The second-order valence-electron chi connectivity index (χ2n) is 4.59. The van der Waals surface area contributed by atoms with Gasteiger partial charge < -0.3 is 0 Å². The van der Waals surface area contributed by atoms with Gasteiger partial charge in [-0.1, -0.05) is 25.0 Å². The third-order valence-corrected chi connectivity index (χ3v) is 3.74. The Kier molecular flexibility index (Phi) is 5.08. The van der Waals surface area contributed by atoms with Crippen LogP contribution in [0.1, 0.15) is 41.6 Å². The Morgan fingerprint density at radius 3 is 2.94 bits per heavy atom. The van der Waals surface area contributed by atoms with Crippen LogP contribution in [0.15, 0.2) is 24.3 Å². The quantitative estimate of drug-likeness (QED) is 0.831. The van der Waals surface area contributed by atoms with Gasteiger partial charge in [-0.05, 0) is 36.8 Å². The summed E-state index contributed by atoms with van der Waals surface area (Å²) >= 11 is 1.75. The normalized spacial score (nSPS) is 15.8. The Bertz CT molecular complexity index is 403. The van der Waals surface area contributed by atoms with Crippen LogP contribution in [0.2, 0.25) is 0 Å². The average Bonchev–Trinajstić information content (AvgIpc) is 2.90. The minimum Gasteiger partial charge on any atom is -0.270 e. The third-order valence-electron chi connectivity index (χ3n) is 3.12. The standard InChI is InChI=1S/C14H19NO2S/c1-18-10-11-5-4-6-12(9-11)14(16)15-17-13-7-2-3-8-13/h4-6,9,13H,2-3,7-8,10H2,1H3,(H,15,16). The second kappa shape index (κ2) is 6.81. The first-order chi connectivity index (χ1) is 8.79. The molecule has 1 amide bonds. The molecule has 0 spiro atoms. The first kappa shape index (κ1) is 13.4. The number of nitrogens with one attached hydrogen (secondary N) is 1. The number of hydrogen-bond donors (Lipinski definition) is 1. The van der Waals surface area contributed by atoms with Crippen LogP contribution < -0.4 is 5.48 Å². The van der Waals surface area contributed by atoms with Crippen LogP contribution in [0.25, 0.3) is 0 Å². The second-order valence-corrected chi connectivity index (χ2v) is 5.45. The molecule has 1 aliphatic carbocycles. The number of hydroxylamine groups is 1. The minimum absolute atomic E-state index is 0.148. The van der Waals surface area contributed by atoms with E-state index in [9.17, 15) is 4.79 Å². The summed E-state index contributed by atoms with van der Waals surface area (Å²) in [4.78, 5) is 17.3. The lowest BCUT2D eigenvalue weighted by molar-refractivity contribution is -0.0124. The number of benzene rings is 1. The van der Waals surface area contributed by atoms with E-state index in [-0.39, 0.29) is 12.0 Å². The molecule has 4 heteroatoms. The summed E-state index contributed by atoms with van der Waals surface area (Å²) < 4.78 is 0. The summed E-state index contributed by atoms with van der Waals surface area (Å²) in [5.41, 5.74) is 4.39. The van der Waals surface area contributed by atoms with Crippen LogP contribution in [-0.4, -0.2) is 18.3 Å². The SMILES string of the molecule is CSCc1cccc(C(=O)NOC2CCCC2)c1. The van der Waals surface area contributed by atoms with Gasteiger partial charge in [0.05, 0.1) is 6.10 Å².